The molecule has 2 N–H and O–H groups in total. The van der Waals surface area contributed by atoms with Crippen molar-refractivity contribution in [3.63, 3.8) is 0 Å². The van der Waals surface area contributed by atoms with Crippen molar-refractivity contribution in [1.29, 1.82) is 0 Å². The predicted octanol–water partition coefficient (Wildman–Crippen LogP) is 2.95. The fourth-order valence-electron chi connectivity index (χ4n) is 2.35. The number of amides is 1. The van der Waals surface area contributed by atoms with Crippen LogP contribution in [0.25, 0.3) is 10.9 Å². The normalized spacial score (nSPS) is 11.6. The summed E-state index contributed by atoms with van der Waals surface area (Å²) >= 11 is 0. The molecule has 24 heavy (non-hydrogen) atoms. The zero-order chi connectivity index (χ0) is 17.2. The molecule has 124 valence electrons. The third-order valence-electron chi connectivity index (χ3n) is 3.50. The SMILES string of the molecule is O=C(NCCc1c[nH]c2ccccc12)c1nccc(C(F)(F)F)n1. The Bertz CT molecular complexity index is 873. The van der Waals surface area contributed by atoms with E-state index in [0.29, 0.717) is 6.42 Å². The van der Waals surface area contributed by atoms with Gasteiger partial charge in [0.25, 0.3) is 5.91 Å². The van der Waals surface area contributed by atoms with E-state index in [1.165, 1.54) is 0 Å². The van der Waals surface area contributed by atoms with Crippen molar-refractivity contribution in [3.8, 4) is 0 Å². The van der Waals surface area contributed by atoms with Gasteiger partial charge in [-0.2, -0.15) is 13.2 Å². The van der Waals surface area contributed by atoms with Gasteiger partial charge in [-0.15, -0.1) is 0 Å². The summed E-state index contributed by atoms with van der Waals surface area (Å²) in [4.78, 5) is 21.9. The monoisotopic (exact) mass is 334 g/mol. The van der Waals surface area contributed by atoms with Crippen LogP contribution in [0.4, 0.5) is 13.2 Å². The van der Waals surface area contributed by atoms with Crippen LogP contribution in [-0.4, -0.2) is 27.4 Å². The fraction of sp³-hybridized carbons (Fsp3) is 0.188. The van der Waals surface area contributed by atoms with Crippen molar-refractivity contribution in [2.75, 3.05) is 6.54 Å². The molecule has 0 atom stereocenters. The Morgan fingerprint density at radius 3 is 2.79 bits per heavy atom. The van der Waals surface area contributed by atoms with Crippen molar-refractivity contribution in [2.45, 2.75) is 12.6 Å². The maximum atomic E-state index is 12.6. The summed E-state index contributed by atoms with van der Waals surface area (Å²) in [5.74, 6) is -1.23. The van der Waals surface area contributed by atoms with Crippen molar-refractivity contribution >= 4 is 16.8 Å². The highest BCUT2D eigenvalue weighted by atomic mass is 19.4. The third-order valence-corrected chi connectivity index (χ3v) is 3.50. The second-order valence-corrected chi connectivity index (χ2v) is 5.13. The largest absolute Gasteiger partial charge is 0.433 e. The van der Waals surface area contributed by atoms with Crippen LogP contribution in [0, 0.1) is 0 Å². The molecule has 5 nitrogen and oxygen atoms in total. The Morgan fingerprint density at radius 1 is 1.21 bits per heavy atom. The molecule has 0 bridgehead atoms. The van der Waals surface area contributed by atoms with Gasteiger partial charge in [0.15, 0.2) is 0 Å². The predicted molar refractivity (Wildman–Crippen MR) is 81.4 cm³/mol. The molecule has 1 aromatic carbocycles. The highest BCUT2D eigenvalue weighted by Crippen LogP contribution is 2.26. The van der Waals surface area contributed by atoms with Crippen molar-refractivity contribution in [1.82, 2.24) is 20.3 Å². The molecular weight excluding hydrogens is 321 g/mol. The number of aromatic nitrogens is 3. The van der Waals surface area contributed by atoms with E-state index < -0.39 is 23.6 Å². The Labute approximate surface area is 134 Å². The fourth-order valence-corrected chi connectivity index (χ4v) is 2.35. The number of hydrogen-bond donors (Lipinski definition) is 2. The minimum absolute atomic E-state index is 0.264. The lowest BCUT2D eigenvalue weighted by Crippen LogP contribution is -2.28. The first kappa shape index (κ1) is 16.0. The van der Waals surface area contributed by atoms with E-state index in [2.05, 4.69) is 20.3 Å². The van der Waals surface area contributed by atoms with Gasteiger partial charge in [0.05, 0.1) is 0 Å². The number of halogens is 3. The number of aromatic amines is 1. The second kappa shape index (κ2) is 6.31. The zero-order valence-corrected chi connectivity index (χ0v) is 12.4. The Morgan fingerprint density at radius 2 is 2.00 bits per heavy atom. The molecule has 0 saturated carbocycles. The summed E-state index contributed by atoms with van der Waals surface area (Å²) in [5, 5.41) is 3.58. The number of H-pyrrole nitrogens is 1. The molecule has 3 rings (SSSR count). The van der Waals surface area contributed by atoms with Gasteiger partial charge in [0.2, 0.25) is 5.82 Å². The lowest BCUT2D eigenvalue weighted by Gasteiger charge is -2.07. The molecule has 1 amide bonds. The van der Waals surface area contributed by atoms with E-state index in [-0.39, 0.29) is 6.54 Å². The molecule has 0 aliphatic carbocycles. The number of benzene rings is 1. The summed E-state index contributed by atoms with van der Waals surface area (Å²) in [6.45, 7) is 0.264. The molecule has 2 heterocycles. The van der Waals surface area contributed by atoms with Crippen molar-refractivity contribution in [3.05, 3.63) is 59.8 Å². The van der Waals surface area contributed by atoms with Gasteiger partial charge in [-0.3, -0.25) is 4.79 Å². The van der Waals surface area contributed by atoms with E-state index in [1.807, 2.05) is 30.5 Å². The van der Waals surface area contributed by atoms with Gasteiger partial charge in [-0.25, -0.2) is 9.97 Å². The van der Waals surface area contributed by atoms with Crippen molar-refractivity contribution < 1.29 is 18.0 Å². The number of rotatable bonds is 4. The highest BCUT2D eigenvalue weighted by molar-refractivity contribution is 5.90. The van der Waals surface area contributed by atoms with E-state index in [0.717, 1.165) is 28.7 Å². The molecular formula is C16H13F3N4O. The quantitative estimate of drug-likeness (QED) is 0.771. The first-order valence-electron chi connectivity index (χ1n) is 7.18. The molecule has 0 spiro atoms. The molecule has 8 heteroatoms. The standard InChI is InChI=1S/C16H13F3N4O/c17-16(18,19)13-6-8-20-14(23-13)15(24)21-7-5-10-9-22-12-4-2-1-3-11(10)12/h1-4,6,8-9,22H,5,7H2,(H,21,24). The van der Waals surface area contributed by atoms with Crippen LogP contribution in [0.2, 0.25) is 0 Å². The highest BCUT2D eigenvalue weighted by Gasteiger charge is 2.33. The van der Waals surface area contributed by atoms with Gasteiger partial charge in [0, 0.05) is 29.8 Å². The second-order valence-electron chi connectivity index (χ2n) is 5.13. The minimum Gasteiger partial charge on any atom is -0.361 e. The van der Waals surface area contributed by atoms with Gasteiger partial charge >= 0.3 is 6.18 Å². The van der Waals surface area contributed by atoms with Crippen LogP contribution in [-0.2, 0) is 12.6 Å². The Balaban J connectivity index is 1.64. The summed E-state index contributed by atoms with van der Waals surface area (Å²) in [7, 11) is 0. The third kappa shape index (κ3) is 3.37. The van der Waals surface area contributed by atoms with Crippen molar-refractivity contribution in [2.24, 2.45) is 0 Å². The Hall–Kier alpha value is -2.90. The molecule has 2 aromatic heterocycles. The minimum atomic E-state index is -4.61. The topological polar surface area (TPSA) is 70.7 Å². The number of para-hydroxylation sites is 1. The average Bonchev–Trinajstić information content (AvgIpc) is 2.97. The van der Waals surface area contributed by atoms with Crippen LogP contribution in [0.1, 0.15) is 21.9 Å². The van der Waals surface area contributed by atoms with E-state index in [1.54, 1.807) is 0 Å². The number of nitrogens with zero attached hydrogens (tertiary/aromatic N) is 2. The van der Waals surface area contributed by atoms with Crippen LogP contribution in [0.3, 0.4) is 0 Å². The number of carbonyl (C=O) groups excluding carboxylic acids is 1. The van der Waals surface area contributed by atoms with Crippen LogP contribution in [0.5, 0.6) is 0 Å². The van der Waals surface area contributed by atoms with Gasteiger partial charge < -0.3 is 10.3 Å². The molecule has 0 aliphatic heterocycles. The lowest BCUT2D eigenvalue weighted by molar-refractivity contribution is -0.141. The van der Waals surface area contributed by atoms with Gasteiger partial charge in [-0.05, 0) is 24.1 Å². The lowest BCUT2D eigenvalue weighted by atomic mass is 10.1. The number of alkyl halides is 3. The molecule has 0 aliphatic rings. The summed E-state index contributed by atoms with van der Waals surface area (Å²) in [6, 6.07) is 8.44. The van der Waals surface area contributed by atoms with E-state index in [9.17, 15) is 18.0 Å². The first-order chi connectivity index (χ1) is 11.4. The number of hydrogen-bond acceptors (Lipinski definition) is 3. The maximum Gasteiger partial charge on any atom is 0.433 e. The van der Waals surface area contributed by atoms with Gasteiger partial charge in [-0.1, -0.05) is 18.2 Å². The molecule has 0 unspecified atom stereocenters. The van der Waals surface area contributed by atoms with Crippen LogP contribution >= 0.6 is 0 Å². The summed E-state index contributed by atoms with van der Waals surface area (Å²) in [5.41, 5.74) is 0.857. The summed E-state index contributed by atoms with van der Waals surface area (Å²) in [6.07, 6.45) is -1.31. The number of carbonyl (C=O) groups is 1. The molecule has 0 saturated heterocycles. The first-order valence-corrected chi connectivity index (χ1v) is 7.18. The molecule has 0 fully saturated rings. The summed E-state index contributed by atoms with van der Waals surface area (Å²) < 4.78 is 37.8. The average molecular weight is 334 g/mol. The zero-order valence-electron chi connectivity index (χ0n) is 12.4. The smallest absolute Gasteiger partial charge is 0.361 e. The maximum absolute atomic E-state index is 12.6. The Kier molecular flexibility index (Phi) is 4.20. The van der Waals surface area contributed by atoms with E-state index >= 15 is 0 Å². The van der Waals surface area contributed by atoms with Crippen LogP contribution < -0.4 is 5.32 Å². The van der Waals surface area contributed by atoms with Crippen LogP contribution in [0.15, 0.2) is 42.7 Å². The van der Waals surface area contributed by atoms with Gasteiger partial charge in [0.1, 0.15) is 5.69 Å². The number of fused-ring (bicyclic) bond motifs is 1. The number of nitrogens with one attached hydrogen (secondary N) is 2. The molecule has 3 aromatic rings. The molecule has 0 radical (unpaired) electrons. The van der Waals surface area contributed by atoms with E-state index in [4.69, 9.17) is 0 Å².